The van der Waals surface area contributed by atoms with Gasteiger partial charge in [0.15, 0.2) is 0 Å². The number of aliphatic carboxylic acids is 1. The number of carboxylic acids is 1. The second-order valence-corrected chi connectivity index (χ2v) is 4.96. The molecule has 19 heavy (non-hydrogen) atoms. The lowest BCUT2D eigenvalue weighted by atomic mass is 10.0. The molecule has 0 aromatic heterocycles. The summed E-state index contributed by atoms with van der Waals surface area (Å²) in [4.78, 5) is 13.7. The molecule has 1 atom stereocenters. The highest BCUT2D eigenvalue weighted by molar-refractivity contribution is 5.75. The molecule has 1 aromatic carbocycles. The lowest BCUT2D eigenvalue weighted by molar-refractivity contribution is -0.143. The van der Waals surface area contributed by atoms with E-state index in [1.54, 1.807) is 7.11 Å². The monoisotopic (exact) mass is 263 g/mol. The highest BCUT2D eigenvalue weighted by Gasteiger charge is 2.27. The van der Waals surface area contributed by atoms with Gasteiger partial charge in [-0.2, -0.15) is 0 Å². The molecule has 0 spiro atoms. The zero-order valence-electron chi connectivity index (χ0n) is 11.3. The number of nitrogens with zero attached hydrogens (tertiary/aromatic N) is 1. The van der Waals surface area contributed by atoms with Crippen LogP contribution in [0.1, 0.15) is 37.3 Å². The Balaban J connectivity index is 2.20. The minimum absolute atomic E-state index is 0.538. The smallest absolute Gasteiger partial charge is 0.325 e. The van der Waals surface area contributed by atoms with Crippen LogP contribution in [0.4, 0.5) is 0 Å². The Bertz CT molecular complexity index is 408. The van der Waals surface area contributed by atoms with Gasteiger partial charge in [0.05, 0.1) is 7.11 Å². The minimum atomic E-state index is -0.771. The first-order valence-corrected chi connectivity index (χ1v) is 6.83. The maximum absolute atomic E-state index is 11.6. The fourth-order valence-electron chi connectivity index (χ4n) is 2.65. The van der Waals surface area contributed by atoms with E-state index >= 15 is 0 Å². The van der Waals surface area contributed by atoms with Gasteiger partial charge < -0.3 is 9.84 Å². The van der Waals surface area contributed by atoms with Gasteiger partial charge in [-0.25, -0.2) is 0 Å². The first-order valence-electron chi connectivity index (χ1n) is 6.83. The highest BCUT2D eigenvalue weighted by Crippen LogP contribution is 2.26. The van der Waals surface area contributed by atoms with Gasteiger partial charge in [-0.1, -0.05) is 25.0 Å². The van der Waals surface area contributed by atoms with Crippen LogP contribution in [0.2, 0.25) is 0 Å². The van der Waals surface area contributed by atoms with Gasteiger partial charge in [-0.15, -0.1) is 0 Å². The summed E-state index contributed by atoms with van der Waals surface area (Å²) in [7, 11) is 1.61. The van der Waals surface area contributed by atoms with Gasteiger partial charge in [0, 0.05) is 0 Å². The van der Waals surface area contributed by atoms with E-state index in [0.717, 1.165) is 37.2 Å². The summed E-state index contributed by atoms with van der Waals surface area (Å²) in [5.41, 5.74) is 0.829. The molecular formula is C15H21NO3. The Labute approximate surface area is 114 Å². The van der Waals surface area contributed by atoms with E-state index in [4.69, 9.17) is 4.74 Å². The zero-order valence-corrected chi connectivity index (χ0v) is 11.3. The molecule has 1 aliphatic heterocycles. The first kappa shape index (κ1) is 13.9. The van der Waals surface area contributed by atoms with Crippen LogP contribution in [0.3, 0.4) is 0 Å². The van der Waals surface area contributed by atoms with Crippen molar-refractivity contribution in [2.75, 3.05) is 20.2 Å². The lowest BCUT2D eigenvalue weighted by Gasteiger charge is -2.27. The quantitative estimate of drug-likeness (QED) is 0.907. The number of ether oxygens (including phenoxy) is 1. The molecule has 1 aromatic rings. The number of likely N-dealkylation sites (tertiary alicyclic amines) is 1. The summed E-state index contributed by atoms with van der Waals surface area (Å²) in [5.74, 6) is -0.0178. The van der Waals surface area contributed by atoms with Crippen molar-refractivity contribution in [3.8, 4) is 5.75 Å². The summed E-state index contributed by atoms with van der Waals surface area (Å²) in [6.45, 7) is 1.73. The third-order valence-electron chi connectivity index (χ3n) is 3.67. The van der Waals surface area contributed by atoms with Crippen LogP contribution in [-0.4, -0.2) is 36.2 Å². The van der Waals surface area contributed by atoms with Gasteiger partial charge in [0.25, 0.3) is 0 Å². The molecule has 0 radical (unpaired) electrons. The van der Waals surface area contributed by atoms with Crippen molar-refractivity contribution in [2.45, 2.75) is 31.7 Å². The number of hydrogen-bond donors (Lipinski definition) is 1. The fraction of sp³-hybridized carbons (Fsp3) is 0.533. The lowest BCUT2D eigenvalue weighted by Crippen LogP contribution is -2.34. The molecule has 1 aliphatic rings. The molecule has 1 fully saturated rings. The molecule has 2 rings (SSSR count). The zero-order chi connectivity index (χ0) is 13.7. The first-order chi connectivity index (χ1) is 9.22. The molecular weight excluding hydrogens is 242 g/mol. The molecule has 0 bridgehead atoms. The Morgan fingerprint density at radius 1 is 1.16 bits per heavy atom. The van der Waals surface area contributed by atoms with Crippen molar-refractivity contribution in [1.29, 1.82) is 0 Å². The van der Waals surface area contributed by atoms with Crippen molar-refractivity contribution in [1.82, 2.24) is 4.90 Å². The maximum atomic E-state index is 11.6. The largest absolute Gasteiger partial charge is 0.497 e. The number of carbonyl (C=O) groups is 1. The standard InChI is InChI=1S/C15H21NO3/c1-19-13-8-6-12(7-9-13)14(15(17)18)16-10-4-2-3-5-11-16/h6-9,14H,2-5,10-11H2,1H3,(H,17,18). The summed E-state index contributed by atoms with van der Waals surface area (Å²) in [6.07, 6.45) is 4.57. The van der Waals surface area contributed by atoms with Crippen LogP contribution in [0.5, 0.6) is 5.75 Å². The molecule has 4 heteroatoms. The van der Waals surface area contributed by atoms with E-state index in [2.05, 4.69) is 4.90 Å². The van der Waals surface area contributed by atoms with Crippen molar-refractivity contribution < 1.29 is 14.6 Å². The Kier molecular flexibility index (Phi) is 4.80. The van der Waals surface area contributed by atoms with Crippen molar-refractivity contribution in [2.24, 2.45) is 0 Å². The van der Waals surface area contributed by atoms with E-state index in [1.165, 1.54) is 12.8 Å². The predicted molar refractivity (Wildman–Crippen MR) is 73.4 cm³/mol. The second kappa shape index (κ2) is 6.57. The minimum Gasteiger partial charge on any atom is -0.497 e. The second-order valence-electron chi connectivity index (χ2n) is 4.96. The van der Waals surface area contributed by atoms with Crippen LogP contribution >= 0.6 is 0 Å². The van der Waals surface area contributed by atoms with Crippen molar-refractivity contribution >= 4 is 5.97 Å². The fourth-order valence-corrected chi connectivity index (χ4v) is 2.65. The van der Waals surface area contributed by atoms with Gasteiger partial charge in [0.2, 0.25) is 0 Å². The van der Waals surface area contributed by atoms with Crippen molar-refractivity contribution in [3.05, 3.63) is 29.8 Å². The van der Waals surface area contributed by atoms with Gasteiger partial charge >= 0.3 is 5.97 Å². The van der Waals surface area contributed by atoms with E-state index in [9.17, 15) is 9.90 Å². The van der Waals surface area contributed by atoms with Crippen LogP contribution in [0.25, 0.3) is 0 Å². The summed E-state index contributed by atoms with van der Waals surface area (Å²) >= 11 is 0. The summed E-state index contributed by atoms with van der Waals surface area (Å²) < 4.78 is 5.11. The molecule has 4 nitrogen and oxygen atoms in total. The molecule has 1 unspecified atom stereocenters. The van der Waals surface area contributed by atoms with E-state index < -0.39 is 12.0 Å². The molecule has 0 amide bonds. The molecule has 1 heterocycles. The molecule has 0 saturated carbocycles. The Hall–Kier alpha value is -1.55. The summed E-state index contributed by atoms with van der Waals surface area (Å²) in [6, 6.07) is 6.81. The molecule has 0 aliphatic carbocycles. The van der Waals surface area contributed by atoms with Crippen molar-refractivity contribution in [3.63, 3.8) is 0 Å². The van der Waals surface area contributed by atoms with Crippen LogP contribution in [0.15, 0.2) is 24.3 Å². The average molecular weight is 263 g/mol. The topological polar surface area (TPSA) is 49.8 Å². The third-order valence-corrected chi connectivity index (χ3v) is 3.67. The van der Waals surface area contributed by atoms with E-state index in [0.29, 0.717) is 0 Å². The molecule has 104 valence electrons. The van der Waals surface area contributed by atoms with Gasteiger partial charge in [-0.05, 0) is 43.6 Å². The number of rotatable bonds is 4. The van der Waals surface area contributed by atoms with Crippen LogP contribution < -0.4 is 4.74 Å². The van der Waals surface area contributed by atoms with Crippen LogP contribution in [-0.2, 0) is 4.79 Å². The van der Waals surface area contributed by atoms with E-state index in [-0.39, 0.29) is 0 Å². The van der Waals surface area contributed by atoms with E-state index in [1.807, 2.05) is 24.3 Å². The van der Waals surface area contributed by atoms with Gasteiger partial charge in [-0.3, -0.25) is 9.69 Å². The van der Waals surface area contributed by atoms with Gasteiger partial charge in [0.1, 0.15) is 11.8 Å². The normalized spacial score (nSPS) is 18.6. The third kappa shape index (κ3) is 3.47. The summed E-state index contributed by atoms with van der Waals surface area (Å²) in [5, 5.41) is 9.52. The van der Waals surface area contributed by atoms with Crippen LogP contribution in [0, 0.1) is 0 Å². The molecule has 1 saturated heterocycles. The Morgan fingerprint density at radius 3 is 2.21 bits per heavy atom. The number of hydrogen-bond acceptors (Lipinski definition) is 3. The SMILES string of the molecule is COc1ccc(C(C(=O)O)N2CCCCCC2)cc1. The predicted octanol–water partition coefficient (Wildman–Crippen LogP) is 2.70. The number of carboxylic acid groups (broad SMARTS) is 1. The highest BCUT2D eigenvalue weighted by atomic mass is 16.5. The maximum Gasteiger partial charge on any atom is 0.325 e. The number of benzene rings is 1. The molecule has 1 N–H and O–H groups in total. The Morgan fingerprint density at radius 2 is 1.74 bits per heavy atom. The number of methoxy groups -OCH3 is 1. The average Bonchev–Trinajstić information content (AvgIpc) is 2.68.